The largest absolute Gasteiger partial charge is 0.461 e. The van der Waals surface area contributed by atoms with Crippen molar-refractivity contribution in [2.24, 2.45) is 0 Å². The van der Waals surface area contributed by atoms with Crippen LogP contribution in [0.15, 0.2) is 35.1 Å². The highest BCUT2D eigenvalue weighted by Gasteiger charge is 2.45. The lowest BCUT2D eigenvalue weighted by molar-refractivity contribution is -0.172. The lowest BCUT2D eigenvalue weighted by atomic mass is 9.86. The molecule has 2 aliphatic heterocycles. The van der Waals surface area contributed by atoms with Gasteiger partial charge in [-0.3, -0.25) is 9.59 Å². The molecule has 0 saturated carbocycles. The molecular formula is C25H24N2O6. The molecule has 0 radical (unpaired) electrons. The van der Waals surface area contributed by atoms with Gasteiger partial charge in [-0.1, -0.05) is 32.0 Å². The molecule has 2 aliphatic rings. The molecule has 1 atom stereocenters. The number of fused-ring (bicyclic) bond motifs is 5. The topological polar surface area (TPSA) is 108 Å². The number of cyclic esters (lactones) is 1. The fraction of sp³-hybridized carbons (Fsp3) is 0.360. The molecule has 5 rings (SSSR count). The number of pyridine rings is 2. The van der Waals surface area contributed by atoms with Crippen molar-refractivity contribution in [3.05, 3.63) is 62.9 Å². The van der Waals surface area contributed by atoms with Crippen LogP contribution in [-0.4, -0.2) is 26.6 Å². The molecule has 8 heteroatoms. The van der Waals surface area contributed by atoms with E-state index < -0.39 is 11.6 Å². The van der Waals surface area contributed by atoms with Crippen LogP contribution in [0.1, 0.15) is 55.4 Å². The Bertz CT molecular complexity index is 1380. The van der Waals surface area contributed by atoms with Crippen molar-refractivity contribution in [3.8, 4) is 11.4 Å². The van der Waals surface area contributed by atoms with Crippen LogP contribution < -0.4 is 5.56 Å². The highest BCUT2D eigenvalue weighted by atomic mass is 16.6. The van der Waals surface area contributed by atoms with E-state index in [0.29, 0.717) is 41.9 Å². The van der Waals surface area contributed by atoms with Crippen LogP contribution in [0.2, 0.25) is 0 Å². The lowest BCUT2D eigenvalue weighted by Gasteiger charge is -2.31. The number of aliphatic hydroxyl groups is 1. The quantitative estimate of drug-likeness (QED) is 0.468. The Kier molecular flexibility index (Phi) is 5.05. The summed E-state index contributed by atoms with van der Waals surface area (Å²) in [4.78, 5) is 42.3. The van der Waals surface area contributed by atoms with Crippen LogP contribution in [-0.2, 0) is 44.4 Å². The van der Waals surface area contributed by atoms with Gasteiger partial charge in [0.15, 0.2) is 5.60 Å². The van der Waals surface area contributed by atoms with Crippen molar-refractivity contribution in [2.75, 3.05) is 0 Å². The number of benzene rings is 1. The average molecular weight is 448 g/mol. The monoisotopic (exact) mass is 448 g/mol. The summed E-state index contributed by atoms with van der Waals surface area (Å²) in [5.74, 6) is -1.01. The smallest absolute Gasteiger partial charge is 0.343 e. The van der Waals surface area contributed by atoms with Gasteiger partial charge in [0.05, 0.1) is 29.0 Å². The Morgan fingerprint density at radius 1 is 1.27 bits per heavy atom. The first kappa shape index (κ1) is 21.3. The first-order chi connectivity index (χ1) is 15.9. The third-order valence-electron chi connectivity index (χ3n) is 6.46. The minimum absolute atomic E-state index is 0.0903. The number of rotatable bonds is 5. The second-order valence-corrected chi connectivity index (χ2v) is 8.50. The normalized spacial score (nSPS) is 18.5. The molecule has 3 aromatic rings. The third-order valence-corrected chi connectivity index (χ3v) is 6.46. The van der Waals surface area contributed by atoms with Crippen molar-refractivity contribution in [1.29, 1.82) is 0 Å². The minimum Gasteiger partial charge on any atom is -0.461 e. The molecule has 0 aliphatic carbocycles. The summed E-state index contributed by atoms with van der Waals surface area (Å²) >= 11 is 0. The maximum Gasteiger partial charge on any atom is 0.343 e. The minimum atomic E-state index is -1.86. The maximum atomic E-state index is 13.3. The second kappa shape index (κ2) is 7.81. The Balaban J connectivity index is 1.64. The molecule has 0 fully saturated rings. The van der Waals surface area contributed by atoms with Gasteiger partial charge < -0.3 is 19.1 Å². The highest BCUT2D eigenvalue weighted by molar-refractivity contribution is 5.88. The number of carbonyl (C=O) groups excluding carboxylic acids is 2. The van der Waals surface area contributed by atoms with E-state index in [2.05, 4.69) is 0 Å². The molecule has 0 amide bonds. The molecule has 1 aromatic carbocycles. The summed E-state index contributed by atoms with van der Waals surface area (Å²) < 4.78 is 12.1. The van der Waals surface area contributed by atoms with Crippen LogP contribution in [0, 0.1) is 0 Å². The van der Waals surface area contributed by atoms with Gasteiger partial charge >= 0.3 is 11.9 Å². The van der Waals surface area contributed by atoms with E-state index in [9.17, 15) is 19.5 Å². The number of hydrogen-bond acceptors (Lipinski definition) is 7. The van der Waals surface area contributed by atoms with Gasteiger partial charge in [-0.2, -0.15) is 0 Å². The van der Waals surface area contributed by atoms with Gasteiger partial charge in [-0.25, -0.2) is 9.78 Å². The van der Waals surface area contributed by atoms with Gasteiger partial charge in [0.1, 0.15) is 13.2 Å². The molecule has 0 spiro atoms. The standard InChI is InChI=1S/C25H24N2O6/c1-3-6-20(28)32-12-15-8-5-7-14-9-16-11-27-19(22(16)26-21(14)15)10-18-17(23(27)29)13-33-24(30)25(18,31)4-2/h5,7-10,31H,3-4,6,11-13H2,1-2H3/t25-/m0/s1. The summed E-state index contributed by atoms with van der Waals surface area (Å²) in [6.07, 6.45) is 1.17. The number of ether oxygens (including phenoxy) is 2. The number of hydrogen-bond donors (Lipinski definition) is 1. The number of nitrogens with zero attached hydrogens (tertiary/aromatic N) is 2. The maximum absolute atomic E-state index is 13.3. The summed E-state index contributed by atoms with van der Waals surface area (Å²) in [6, 6.07) is 9.35. The Morgan fingerprint density at radius 3 is 2.85 bits per heavy atom. The van der Waals surface area contributed by atoms with E-state index in [1.165, 1.54) is 0 Å². The second-order valence-electron chi connectivity index (χ2n) is 8.50. The Labute approximate surface area is 189 Å². The van der Waals surface area contributed by atoms with Gasteiger partial charge in [0.25, 0.3) is 5.56 Å². The van der Waals surface area contributed by atoms with Crippen molar-refractivity contribution in [2.45, 2.75) is 58.5 Å². The molecule has 8 nitrogen and oxygen atoms in total. The van der Waals surface area contributed by atoms with Crippen LogP contribution in [0.5, 0.6) is 0 Å². The number of aromatic nitrogens is 2. The van der Waals surface area contributed by atoms with Crippen LogP contribution in [0.4, 0.5) is 0 Å². The summed E-state index contributed by atoms with van der Waals surface area (Å²) in [6.45, 7) is 3.89. The lowest BCUT2D eigenvalue weighted by Crippen LogP contribution is -2.44. The van der Waals surface area contributed by atoms with Gasteiger partial charge in [0, 0.05) is 28.5 Å². The molecular weight excluding hydrogens is 424 g/mol. The van der Waals surface area contributed by atoms with E-state index in [-0.39, 0.29) is 36.7 Å². The summed E-state index contributed by atoms with van der Waals surface area (Å²) in [5.41, 5.74) is 1.92. The van der Waals surface area contributed by atoms with E-state index in [4.69, 9.17) is 14.5 Å². The Morgan fingerprint density at radius 2 is 2.09 bits per heavy atom. The van der Waals surface area contributed by atoms with E-state index in [1.54, 1.807) is 17.6 Å². The zero-order valence-corrected chi connectivity index (χ0v) is 18.5. The SMILES string of the molecule is CCCC(=O)OCc1cccc2cc3c(nc12)-c1cc2c(c(=O)n1C3)COC(=O)[C@]2(O)CC. The van der Waals surface area contributed by atoms with Crippen LogP contribution in [0.3, 0.4) is 0 Å². The summed E-state index contributed by atoms with van der Waals surface area (Å²) in [7, 11) is 0. The Hall–Kier alpha value is -3.52. The zero-order chi connectivity index (χ0) is 23.3. The van der Waals surface area contributed by atoms with Gasteiger partial charge in [-0.05, 0) is 25.0 Å². The molecule has 4 heterocycles. The average Bonchev–Trinajstić information content (AvgIpc) is 3.17. The van der Waals surface area contributed by atoms with Crippen LogP contribution in [0.25, 0.3) is 22.3 Å². The van der Waals surface area contributed by atoms with Crippen molar-refractivity contribution in [3.63, 3.8) is 0 Å². The van der Waals surface area contributed by atoms with E-state index >= 15 is 0 Å². The predicted octanol–water partition coefficient (Wildman–Crippen LogP) is 2.92. The van der Waals surface area contributed by atoms with Gasteiger partial charge in [0.2, 0.25) is 0 Å². The van der Waals surface area contributed by atoms with Crippen molar-refractivity contribution in [1.82, 2.24) is 9.55 Å². The zero-order valence-electron chi connectivity index (χ0n) is 18.5. The predicted molar refractivity (Wildman–Crippen MR) is 119 cm³/mol. The fourth-order valence-electron chi connectivity index (χ4n) is 4.62. The molecule has 1 N–H and O–H groups in total. The molecule has 0 unspecified atom stereocenters. The van der Waals surface area contributed by atoms with Crippen molar-refractivity contribution < 1.29 is 24.2 Å². The van der Waals surface area contributed by atoms with Crippen LogP contribution >= 0.6 is 0 Å². The molecule has 33 heavy (non-hydrogen) atoms. The van der Waals surface area contributed by atoms with E-state index in [1.807, 2.05) is 31.2 Å². The first-order valence-corrected chi connectivity index (χ1v) is 11.1. The first-order valence-electron chi connectivity index (χ1n) is 11.1. The number of esters is 2. The molecule has 0 saturated heterocycles. The molecule has 170 valence electrons. The summed E-state index contributed by atoms with van der Waals surface area (Å²) in [5, 5.41) is 11.9. The number of para-hydroxylation sites is 1. The highest BCUT2D eigenvalue weighted by Crippen LogP contribution is 2.38. The van der Waals surface area contributed by atoms with Gasteiger partial charge in [-0.15, -0.1) is 0 Å². The molecule has 2 aromatic heterocycles. The third kappa shape index (κ3) is 3.24. The number of carbonyl (C=O) groups is 2. The molecule has 0 bridgehead atoms. The fourth-order valence-corrected chi connectivity index (χ4v) is 4.62. The van der Waals surface area contributed by atoms with E-state index in [0.717, 1.165) is 16.5 Å². The van der Waals surface area contributed by atoms with Crippen molar-refractivity contribution >= 4 is 22.8 Å².